The van der Waals surface area contributed by atoms with Gasteiger partial charge >= 0.3 is 0 Å². The van der Waals surface area contributed by atoms with Crippen LogP contribution in [-0.2, 0) is 17.9 Å². The summed E-state index contributed by atoms with van der Waals surface area (Å²) in [7, 11) is 1.69. The Kier molecular flexibility index (Phi) is 6.72. The quantitative estimate of drug-likeness (QED) is 0.561. The van der Waals surface area contributed by atoms with E-state index in [1.54, 1.807) is 7.11 Å². The van der Waals surface area contributed by atoms with Crippen LogP contribution in [0.1, 0.15) is 25.6 Å². The molecule has 2 saturated heterocycles. The van der Waals surface area contributed by atoms with Gasteiger partial charge in [0.2, 0.25) is 5.91 Å². The Labute approximate surface area is 201 Å². The number of amides is 1. The van der Waals surface area contributed by atoms with Crippen LogP contribution in [0.2, 0.25) is 0 Å². The highest BCUT2D eigenvalue weighted by atomic mass is 16.5. The van der Waals surface area contributed by atoms with E-state index in [0.717, 1.165) is 82.3 Å². The third-order valence-corrected chi connectivity index (χ3v) is 7.30. The predicted octanol–water partition coefficient (Wildman–Crippen LogP) is 3.63. The average Bonchev–Trinajstić information content (AvgIpc) is 3.25. The molecule has 1 atom stereocenters. The zero-order chi connectivity index (χ0) is 23.5. The number of likely N-dealkylation sites (tertiary alicyclic amines) is 1. The third kappa shape index (κ3) is 4.62. The van der Waals surface area contributed by atoms with Crippen molar-refractivity contribution in [3.63, 3.8) is 0 Å². The summed E-state index contributed by atoms with van der Waals surface area (Å²) in [4.78, 5) is 25.1. The number of aromatic nitrogens is 2. The maximum absolute atomic E-state index is 13.4. The Hall–Kier alpha value is -3.06. The monoisotopic (exact) mass is 461 g/mol. The van der Waals surface area contributed by atoms with Crippen molar-refractivity contribution in [3.8, 4) is 5.75 Å². The molecular formula is C27H35N5O2. The molecule has 7 heteroatoms. The first-order valence-corrected chi connectivity index (χ1v) is 12.5. The Bertz CT molecular complexity index is 1120. The summed E-state index contributed by atoms with van der Waals surface area (Å²) in [5, 5.41) is 0. The van der Waals surface area contributed by atoms with Crippen LogP contribution in [0, 0.1) is 5.92 Å². The maximum Gasteiger partial charge on any atom is 0.227 e. The number of carbonyl (C=O) groups is 1. The molecule has 3 heterocycles. The molecule has 0 spiro atoms. The fourth-order valence-corrected chi connectivity index (χ4v) is 5.44. The average molecular weight is 462 g/mol. The first kappa shape index (κ1) is 22.7. The van der Waals surface area contributed by atoms with Gasteiger partial charge < -0.3 is 19.1 Å². The fourth-order valence-electron chi connectivity index (χ4n) is 5.44. The van der Waals surface area contributed by atoms with Crippen molar-refractivity contribution < 1.29 is 9.53 Å². The van der Waals surface area contributed by atoms with Crippen molar-refractivity contribution in [2.75, 3.05) is 51.3 Å². The Morgan fingerprint density at radius 2 is 1.79 bits per heavy atom. The van der Waals surface area contributed by atoms with Gasteiger partial charge in [-0.3, -0.25) is 9.69 Å². The lowest BCUT2D eigenvalue weighted by Crippen LogP contribution is -2.52. The summed E-state index contributed by atoms with van der Waals surface area (Å²) in [5.41, 5.74) is 3.44. The van der Waals surface area contributed by atoms with Gasteiger partial charge in [-0.1, -0.05) is 12.1 Å². The largest absolute Gasteiger partial charge is 0.497 e. The van der Waals surface area contributed by atoms with E-state index >= 15 is 0 Å². The first-order valence-electron chi connectivity index (χ1n) is 12.5. The van der Waals surface area contributed by atoms with Gasteiger partial charge in [0.25, 0.3) is 0 Å². The standard InChI is InChI=1S/C27H35N5O2/c1-3-32-25-9-5-4-8-24(25)28-26(32)20-29-14-6-7-21(19-29)27(33)31-17-15-30(16-18-31)22-10-12-23(34-2)13-11-22/h4-5,8-13,21H,3,6-7,14-20H2,1-2H3/t21-/m0/s1. The van der Waals surface area contributed by atoms with Gasteiger partial charge in [0.05, 0.1) is 30.6 Å². The molecule has 2 aromatic carbocycles. The minimum Gasteiger partial charge on any atom is -0.497 e. The second kappa shape index (κ2) is 10.1. The highest BCUT2D eigenvalue weighted by molar-refractivity contribution is 5.79. The number of aryl methyl sites for hydroxylation is 1. The van der Waals surface area contributed by atoms with E-state index < -0.39 is 0 Å². The van der Waals surface area contributed by atoms with Crippen molar-refractivity contribution in [3.05, 3.63) is 54.4 Å². The molecule has 0 bridgehead atoms. The molecule has 0 N–H and O–H groups in total. The van der Waals surface area contributed by atoms with Gasteiger partial charge in [-0.05, 0) is 62.7 Å². The molecule has 0 aliphatic carbocycles. The summed E-state index contributed by atoms with van der Waals surface area (Å²) < 4.78 is 7.57. The van der Waals surface area contributed by atoms with Crippen molar-refractivity contribution in [1.29, 1.82) is 0 Å². The van der Waals surface area contributed by atoms with Crippen molar-refractivity contribution in [2.24, 2.45) is 5.92 Å². The van der Waals surface area contributed by atoms with Crippen molar-refractivity contribution in [2.45, 2.75) is 32.9 Å². The van der Waals surface area contributed by atoms with E-state index in [1.165, 1.54) is 11.2 Å². The van der Waals surface area contributed by atoms with Crippen LogP contribution in [-0.4, -0.2) is 71.6 Å². The number of anilines is 1. The zero-order valence-corrected chi connectivity index (χ0v) is 20.3. The van der Waals surface area contributed by atoms with E-state index in [2.05, 4.69) is 56.5 Å². The van der Waals surface area contributed by atoms with Crippen molar-refractivity contribution >= 4 is 22.6 Å². The molecule has 34 heavy (non-hydrogen) atoms. The molecule has 1 amide bonds. The Morgan fingerprint density at radius 3 is 2.53 bits per heavy atom. The van der Waals surface area contributed by atoms with Gasteiger partial charge in [-0.15, -0.1) is 0 Å². The number of para-hydroxylation sites is 2. The van der Waals surface area contributed by atoms with Gasteiger partial charge in [0.15, 0.2) is 0 Å². The minimum atomic E-state index is 0.0840. The van der Waals surface area contributed by atoms with E-state index in [0.29, 0.717) is 5.91 Å². The summed E-state index contributed by atoms with van der Waals surface area (Å²) in [5.74, 6) is 2.38. The van der Waals surface area contributed by atoms with Gasteiger partial charge in [-0.2, -0.15) is 0 Å². The second-order valence-corrected chi connectivity index (χ2v) is 9.35. The lowest BCUT2D eigenvalue weighted by Gasteiger charge is -2.39. The number of piperidine rings is 1. The number of piperazine rings is 1. The first-order chi connectivity index (χ1) is 16.7. The number of fused-ring (bicyclic) bond motifs is 1. The van der Waals surface area contributed by atoms with Crippen LogP contribution in [0.5, 0.6) is 5.75 Å². The highest BCUT2D eigenvalue weighted by Crippen LogP contribution is 2.25. The number of carbonyl (C=O) groups excluding carboxylic acids is 1. The van der Waals surface area contributed by atoms with Crippen molar-refractivity contribution in [1.82, 2.24) is 19.4 Å². The fraction of sp³-hybridized carbons (Fsp3) is 0.481. The molecule has 0 saturated carbocycles. The van der Waals surface area contributed by atoms with E-state index in [4.69, 9.17) is 9.72 Å². The molecule has 7 nitrogen and oxygen atoms in total. The van der Waals surface area contributed by atoms with E-state index in [9.17, 15) is 4.79 Å². The van der Waals surface area contributed by atoms with Crippen LogP contribution in [0.3, 0.4) is 0 Å². The molecule has 2 aliphatic heterocycles. The number of imidazole rings is 1. The zero-order valence-electron chi connectivity index (χ0n) is 20.3. The van der Waals surface area contributed by atoms with Crippen LogP contribution in [0.15, 0.2) is 48.5 Å². The van der Waals surface area contributed by atoms with Gasteiger partial charge in [-0.25, -0.2) is 4.98 Å². The summed E-state index contributed by atoms with van der Waals surface area (Å²) >= 11 is 0. The molecule has 3 aromatic rings. The predicted molar refractivity (Wildman–Crippen MR) is 135 cm³/mol. The van der Waals surface area contributed by atoms with Gasteiger partial charge in [0, 0.05) is 45.0 Å². The smallest absolute Gasteiger partial charge is 0.227 e. The van der Waals surface area contributed by atoms with Crippen LogP contribution in [0.4, 0.5) is 5.69 Å². The number of benzene rings is 2. The minimum absolute atomic E-state index is 0.0840. The lowest BCUT2D eigenvalue weighted by molar-refractivity contribution is -0.137. The van der Waals surface area contributed by atoms with Crippen LogP contribution >= 0.6 is 0 Å². The van der Waals surface area contributed by atoms with E-state index in [-0.39, 0.29) is 5.92 Å². The Balaban J connectivity index is 1.18. The number of nitrogens with zero attached hydrogens (tertiary/aromatic N) is 5. The van der Waals surface area contributed by atoms with Crippen LogP contribution in [0.25, 0.3) is 11.0 Å². The molecule has 0 unspecified atom stereocenters. The highest BCUT2D eigenvalue weighted by Gasteiger charge is 2.31. The lowest BCUT2D eigenvalue weighted by atomic mass is 9.96. The molecule has 1 aromatic heterocycles. The van der Waals surface area contributed by atoms with Gasteiger partial charge in [0.1, 0.15) is 11.6 Å². The summed E-state index contributed by atoms with van der Waals surface area (Å²) in [6, 6.07) is 16.5. The van der Waals surface area contributed by atoms with E-state index in [1.807, 2.05) is 18.2 Å². The molecule has 0 radical (unpaired) electrons. The number of rotatable bonds is 6. The number of hydrogen-bond acceptors (Lipinski definition) is 5. The number of hydrogen-bond donors (Lipinski definition) is 0. The molecule has 180 valence electrons. The Morgan fingerprint density at radius 1 is 1.03 bits per heavy atom. The normalized spacial score (nSPS) is 19.5. The third-order valence-electron chi connectivity index (χ3n) is 7.30. The van der Waals surface area contributed by atoms with Crippen LogP contribution < -0.4 is 9.64 Å². The SMILES string of the molecule is CCn1c(CN2CCC[C@H](C(=O)N3CCN(c4ccc(OC)cc4)CC3)C2)nc2ccccc21. The summed E-state index contributed by atoms with van der Waals surface area (Å²) in [6.45, 7) is 9.05. The molecule has 5 rings (SSSR count). The molecular weight excluding hydrogens is 426 g/mol. The number of methoxy groups -OCH3 is 1. The molecule has 2 aliphatic rings. The summed E-state index contributed by atoms with van der Waals surface area (Å²) in [6.07, 6.45) is 2.05. The topological polar surface area (TPSA) is 53.8 Å². The second-order valence-electron chi connectivity index (χ2n) is 9.35. The maximum atomic E-state index is 13.4. The number of ether oxygens (including phenoxy) is 1. The molecule has 2 fully saturated rings.